The third-order valence-corrected chi connectivity index (χ3v) is 5.67. The Bertz CT molecular complexity index is 915. The van der Waals surface area contributed by atoms with Gasteiger partial charge in [-0.25, -0.2) is 0 Å². The van der Waals surface area contributed by atoms with Gasteiger partial charge in [-0.15, -0.1) is 10.2 Å². The minimum atomic E-state index is -0.311. The van der Waals surface area contributed by atoms with Crippen molar-refractivity contribution in [3.05, 3.63) is 59.1 Å². The SMILES string of the molecule is Cc1cccc(Nc2nnc(S[C@H](C)C(=O)Nc3cccc(Cl)c3)s2)c1. The third kappa shape index (κ3) is 5.20. The van der Waals surface area contributed by atoms with E-state index in [2.05, 4.69) is 20.8 Å². The van der Waals surface area contributed by atoms with Crippen molar-refractivity contribution >= 4 is 57.1 Å². The zero-order valence-electron chi connectivity index (χ0n) is 14.2. The second-order valence-corrected chi connectivity index (χ2v) is 8.63. The number of aromatic nitrogens is 2. The first kappa shape index (κ1) is 18.7. The number of nitrogens with zero attached hydrogens (tertiary/aromatic N) is 2. The van der Waals surface area contributed by atoms with E-state index in [0.717, 1.165) is 10.0 Å². The van der Waals surface area contributed by atoms with Crippen LogP contribution in [-0.4, -0.2) is 21.4 Å². The average molecular weight is 405 g/mol. The zero-order chi connectivity index (χ0) is 18.5. The molecule has 0 bridgehead atoms. The molecule has 134 valence electrons. The van der Waals surface area contributed by atoms with Gasteiger partial charge in [-0.05, 0) is 49.7 Å². The smallest absolute Gasteiger partial charge is 0.237 e. The predicted molar refractivity (Wildman–Crippen MR) is 110 cm³/mol. The summed E-state index contributed by atoms with van der Waals surface area (Å²) in [7, 11) is 0. The van der Waals surface area contributed by atoms with Gasteiger partial charge < -0.3 is 10.6 Å². The summed E-state index contributed by atoms with van der Waals surface area (Å²) >= 11 is 8.72. The Morgan fingerprint density at radius 2 is 1.92 bits per heavy atom. The Labute approximate surface area is 165 Å². The first-order valence-electron chi connectivity index (χ1n) is 7.90. The second-order valence-electron chi connectivity index (χ2n) is 5.63. The molecule has 0 spiro atoms. The highest BCUT2D eigenvalue weighted by molar-refractivity contribution is 8.02. The number of benzene rings is 2. The lowest BCUT2D eigenvalue weighted by Gasteiger charge is -2.10. The number of anilines is 3. The molecule has 5 nitrogen and oxygen atoms in total. The first-order valence-corrected chi connectivity index (χ1v) is 9.97. The van der Waals surface area contributed by atoms with Crippen LogP contribution < -0.4 is 10.6 Å². The molecular weight excluding hydrogens is 388 g/mol. The summed E-state index contributed by atoms with van der Waals surface area (Å²) in [5, 5.41) is 15.3. The average Bonchev–Trinajstić information content (AvgIpc) is 3.01. The summed E-state index contributed by atoms with van der Waals surface area (Å²) < 4.78 is 0.730. The van der Waals surface area contributed by atoms with Gasteiger partial charge >= 0.3 is 0 Å². The molecule has 0 aliphatic carbocycles. The van der Waals surface area contributed by atoms with Gasteiger partial charge in [0.05, 0.1) is 5.25 Å². The number of hydrogen-bond donors (Lipinski definition) is 2. The normalized spacial score (nSPS) is 11.8. The van der Waals surface area contributed by atoms with Crippen LogP contribution in [0, 0.1) is 6.92 Å². The number of halogens is 1. The molecule has 2 N–H and O–H groups in total. The van der Waals surface area contributed by atoms with Crippen LogP contribution in [0.15, 0.2) is 52.9 Å². The number of carbonyl (C=O) groups is 1. The van der Waals surface area contributed by atoms with E-state index in [0.29, 0.717) is 15.8 Å². The van der Waals surface area contributed by atoms with Crippen LogP contribution in [-0.2, 0) is 4.79 Å². The van der Waals surface area contributed by atoms with Crippen molar-refractivity contribution in [2.75, 3.05) is 10.6 Å². The molecule has 0 radical (unpaired) electrons. The highest BCUT2D eigenvalue weighted by Crippen LogP contribution is 2.31. The number of amides is 1. The lowest BCUT2D eigenvalue weighted by atomic mass is 10.2. The van der Waals surface area contributed by atoms with Crippen LogP contribution in [0.1, 0.15) is 12.5 Å². The number of hydrogen-bond acceptors (Lipinski definition) is 6. The maximum absolute atomic E-state index is 12.3. The molecule has 2 aromatic carbocycles. The molecule has 0 unspecified atom stereocenters. The molecule has 0 aliphatic heterocycles. The van der Waals surface area contributed by atoms with Crippen LogP contribution in [0.3, 0.4) is 0 Å². The Balaban J connectivity index is 1.58. The molecule has 1 heterocycles. The van der Waals surface area contributed by atoms with Crippen molar-refractivity contribution in [3.63, 3.8) is 0 Å². The Morgan fingerprint density at radius 3 is 2.69 bits per heavy atom. The number of thioether (sulfide) groups is 1. The van der Waals surface area contributed by atoms with Crippen molar-refractivity contribution in [3.8, 4) is 0 Å². The van der Waals surface area contributed by atoms with E-state index >= 15 is 0 Å². The van der Waals surface area contributed by atoms with Gasteiger partial charge in [0.2, 0.25) is 11.0 Å². The fourth-order valence-electron chi connectivity index (χ4n) is 2.17. The van der Waals surface area contributed by atoms with E-state index in [1.807, 2.05) is 38.1 Å². The second kappa shape index (κ2) is 8.53. The third-order valence-electron chi connectivity index (χ3n) is 3.41. The van der Waals surface area contributed by atoms with Gasteiger partial charge in [0.1, 0.15) is 0 Å². The van der Waals surface area contributed by atoms with Crippen molar-refractivity contribution in [1.29, 1.82) is 0 Å². The number of aryl methyl sites for hydroxylation is 1. The first-order chi connectivity index (χ1) is 12.5. The molecule has 1 atom stereocenters. The van der Waals surface area contributed by atoms with Crippen LogP contribution in [0.5, 0.6) is 0 Å². The Kier molecular flexibility index (Phi) is 6.13. The summed E-state index contributed by atoms with van der Waals surface area (Å²) in [6.45, 7) is 3.87. The fourth-order valence-corrected chi connectivity index (χ4v) is 4.28. The largest absolute Gasteiger partial charge is 0.330 e. The lowest BCUT2D eigenvalue weighted by Crippen LogP contribution is -2.22. The van der Waals surface area contributed by atoms with E-state index < -0.39 is 0 Å². The van der Waals surface area contributed by atoms with Gasteiger partial charge in [-0.1, -0.05) is 52.9 Å². The van der Waals surface area contributed by atoms with E-state index in [4.69, 9.17) is 11.6 Å². The topological polar surface area (TPSA) is 66.9 Å². The molecule has 26 heavy (non-hydrogen) atoms. The molecule has 0 aliphatic rings. The zero-order valence-corrected chi connectivity index (χ0v) is 16.6. The standard InChI is InChI=1S/C18H17ClN4OS2/c1-11-5-3-7-14(9-11)21-17-22-23-18(26-17)25-12(2)16(24)20-15-8-4-6-13(19)10-15/h3-10,12H,1-2H3,(H,20,24)(H,21,22)/t12-/m1/s1. The van der Waals surface area contributed by atoms with E-state index in [1.54, 1.807) is 24.3 Å². The highest BCUT2D eigenvalue weighted by atomic mass is 35.5. The summed E-state index contributed by atoms with van der Waals surface area (Å²) in [5.74, 6) is -0.110. The number of rotatable bonds is 6. The maximum atomic E-state index is 12.3. The maximum Gasteiger partial charge on any atom is 0.237 e. The van der Waals surface area contributed by atoms with Crippen LogP contribution >= 0.6 is 34.7 Å². The molecule has 8 heteroatoms. The minimum Gasteiger partial charge on any atom is -0.330 e. The van der Waals surface area contributed by atoms with E-state index in [1.165, 1.54) is 28.7 Å². The molecule has 0 saturated carbocycles. The van der Waals surface area contributed by atoms with Crippen LogP contribution in [0.4, 0.5) is 16.5 Å². The molecule has 1 aromatic heterocycles. The van der Waals surface area contributed by atoms with E-state index in [-0.39, 0.29) is 11.2 Å². The highest BCUT2D eigenvalue weighted by Gasteiger charge is 2.17. The fraction of sp³-hybridized carbons (Fsp3) is 0.167. The Hall–Kier alpha value is -2.09. The van der Waals surface area contributed by atoms with Gasteiger partial charge in [-0.2, -0.15) is 0 Å². The van der Waals surface area contributed by atoms with E-state index in [9.17, 15) is 4.79 Å². The predicted octanol–water partition coefficient (Wildman–Crippen LogP) is 5.36. The molecule has 1 amide bonds. The summed E-state index contributed by atoms with van der Waals surface area (Å²) in [4.78, 5) is 12.3. The van der Waals surface area contributed by atoms with Gasteiger partial charge in [-0.3, -0.25) is 4.79 Å². The van der Waals surface area contributed by atoms with Gasteiger partial charge in [0.25, 0.3) is 0 Å². The van der Waals surface area contributed by atoms with Crippen molar-refractivity contribution < 1.29 is 4.79 Å². The molecule has 0 fully saturated rings. The minimum absolute atomic E-state index is 0.110. The Morgan fingerprint density at radius 1 is 1.15 bits per heavy atom. The van der Waals surface area contributed by atoms with Crippen LogP contribution in [0.25, 0.3) is 0 Å². The van der Waals surface area contributed by atoms with Gasteiger partial charge in [0, 0.05) is 16.4 Å². The summed E-state index contributed by atoms with van der Waals surface area (Å²) in [6, 6.07) is 15.1. The summed E-state index contributed by atoms with van der Waals surface area (Å²) in [5.41, 5.74) is 2.80. The molecule has 0 saturated heterocycles. The number of nitrogens with one attached hydrogen (secondary N) is 2. The molecular formula is C18H17ClN4OS2. The van der Waals surface area contributed by atoms with Crippen molar-refractivity contribution in [2.45, 2.75) is 23.4 Å². The number of carbonyl (C=O) groups excluding carboxylic acids is 1. The molecule has 3 aromatic rings. The van der Waals surface area contributed by atoms with Gasteiger partial charge in [0.15, 0.2) is 4.34 Å². The summed E-state index contributed by atoms with van der Waals surface area (Å²) in [6.07, 6.45) is 0. The lowest BCUT2D eigenvalue weighted by molar-refractivity contribution is -0.115. The molecule has 3 rings (SSSR count). The van der Waals surface area contributed by atoms with Crippen molar-refractivity contribution in [2.24, 2.45) is 0 Å². The monoisotopic (exact) mass is 404 g/mol. The quantitative estimate of drug-likeness (QED) is 0.541. The van der Waals surface area contributed by atoms with Crippen LogP contribution in [0.2, 0.25) is 5.02 Å². The van der Waals surface area contributed by atoms with Crippen molar-refractivity contribution in [1.82, 2.24) is 10.2 Å².